The van der Waals surface area contributed by atoms with Crippen molar-refractivity contribution in [1.82, 2.24) is 18.3 Å². The Morgan fingerprint density at radius 3 is 0.868 bits per heavy atom. The van der Waals surface area contributed by atoms with Gasteiger partial charge in [-0.2, -0.15) is 0 Å². The molecule has 26 rings (SSSR count). The number of fused-ring (bicyclic) bond motifs is 36. The summed E-state index contributed by atoms with van der Waals surface area (Å²) in [6.45, 7) is 0. The molecule has 6 aromatic heterocycles. The molecule has 0 fully saturated rings. The Bertz CT molecular complexity index is 8600. The number of hydrogen-bond acceptors (Lipinski definition) is 2. The zero-order valence-electron chi connectivity index (χ0n) is 61.6. The predicted molar refractivity (Wildman–Crippen MR) is 492 cm³/mol. The number of hydrogen-bond donors (Lipinski definition) is 0. The van der Waals surface area contributed by atoms with Gasteiger partial charge in [0.1, 0.15) is 0 Å². The van der Waals surface area contributed by atoms with Gasteiger partial charge in [-0.25, -0.2) is 0 Å². The molecule has 0 aliphatic rings. The first-order valence-corrected chi connectivity index (χ1v) is 40.8. The average Bonchev–Trinajstić information content (AvgIpc) is 1.51. The van der Waals surface area contributed by atoms with Crippen LogP contribution in [0, 0.1) is 0 Å². The van der Waals surface area contributed by atoms with Crippen molar-refractivity contribution in [3.63, 3.8) is 0 Å². The second kappa shape index (κ2) is 24.5. The van der Waals surface area contributed by atoms with E-state index in [-0.39, 0.29) is 0 Å². The normalized spacial score (nSPS) is 12.2. The number of nitrogens with zero attached hydrogens (tertiary/aromatic N) is 4. The van der Waals surface area contributed by atoms with Crippen LogP contribution in [0.5, 0.6) is 0 Å². The van der Waals surface area contributed by atoms with Crippen LogP contribution in [-0.4, -0.2) is 18.3 Å². The monoisotopic (exact) mass is 1480 g/mol. The maximum absolute atomic E-state index is 2.55. The second-order valence-corrected chi connectivity index (χ2v) is 32.5. The molecule has 0 N–H and O–H groups in total. The fourth-order valence-corrected chi connectivity index (χ4v) is 22.3. The number of rotatable bonds is 6. The lowest BCUT2D eigenvalue weighted by molar-refractivity contribution is 1.18. The zero-order valence-corrected chi connectivity index (χ0v) is 63.2. The highest BCUT2D eigenvalue weighted by atomic mass is 32.1. The molecule has 6 heteroatoms. The maximum Gasteiger partial charge on any atom is 0.0726 e. The third kappa shape index (κ3) is 9.03. The summed E-state index contributed by atoms with van der Waals surface area (Å²) < 4.78 is 15.2. The highest BCUT2D eigenvalue weighted by molar-refractivity contribution is 7.27. The van der Waals surface area contributed by atoms with Crippen molar-refractivity contribution in [3.05, 3.63) is 388 Å². The smallest absolute Gasteiger partial charge is 0.0726 e. The van der Waals surface area contributed by atoms with E-state index in [0.29, 0.717) is 0 Å². The summed E-state index contributed by atoms with van der Waals surface area (Å²) in [7, 11) is 0. The van der Waals surface area contributed by atoms with Gasteiger partial charge in [-0.1, -0.05) is 291 Å². The number of thiophene rings is 2. The van der Waals surface area contributed by atoms with Crippen LogP contribution in [0.4, 0.5) is 0 Å². The van der Waals surface area contributed by atoms with E-state index in [2.05, 4.69) is 407 Å². The van der Waals surface area contributed by atoms with Gasteiger partial charge in [0.2, 0.25) is 0 Å². The standard InChI is InChI=1S/2C54H32N2S/c1-2-16-35(17-3-1)55-45-26-11-8-21-39(45)40-30-29-34(32-47(40)55)33-15-14-18-36(31-33)56-46-27-12-9-24-43(46)51-49-41-22-6-4-19-37(41)38-20-5-7-23-42(38)50(49)52-44-25-10-13-28-48(44)57-54(52)53(51)56;1-2-14-35(15-3-1)55-45-23-11-8-18-39(45)40-31-28-34(32-47(40)55)33-26-29-36(30-27-33)56-46-24-12-9-21-43(46)51-49-41-19-6-4-16-37(41)38-17-5-7-20-42(38)50(49)52-44-22-10-13-25-48(44)57-54(52)53(51)56/h2*1-32H. The first kappa shape index (κ1) is 63.4. The highest BCUT2D eigenvalue weighted by Crippen LogP contribution is 2.55. The highest BCUT2D eigenvalue weighted by Gasteiger charge is 2.28. The molecule has 0 amide bonds. The Kier molecular flexibility index (Phi) is 13.6. The van der Waals surface area contributed by atoms with E-state index in [4.69, 9.17) is 0 Å². The largest absolute Gasteiger partial charge is 0.309 e. The predicted octanol–water partition coefficient (Wildman–Crippen LogP) is 30.8. The number of aromatic nitrogens is 4. The van der Waals surface area contributed by atoms with E-state index in [1.165, 1.54) is 226 Å². The molecule has 20 aromatic carbocycles. The summed E-state index contributed by atoms with van der Waals surface area (Å²) in [6, 6.07) is 143. The van der Waals surface area contributed by atoms with Crippen LogP contribution >= 0.6 is 22.7 Å². The van der Waals surface area contributed by atoms with Crippen LogP contribution in [0.3, 0.4) is 0 Å². The Balaban J connectivity index is 0.000000129. The summed E-state index contributed by atoms with van der Waals surface area (Å²) in [5.74, 6) is 0. The summed E-state index contributed by atoms with van der Waals surface area (Å²) >= 11 is 3.85. The Morgan fingerprint density at radius 1 is 0.149 bits per heavy atom. The van der Waals surface area contributed by atoms with E-state index in [1.54, 1.807) is 0 Å². The van der Waals surface area contributed by atoms with Crippen LogP contribution in [0.1, 0.15) is 0 Å². The third-order valence-electron chi connectivity index (χ3n) is 24.5. The first-order chi connectivity index (χ1) is 56.6. The lowest BCUT2D eigenvalue weighted by atomic mass is 9.89. The Labute approximate surface area is 661 Å². The third-order valence-corrected chi connectivity index (χ3v) is 26.9. The maximum atomic E-state index is 2.55. The fraction of sp³-hybridized carbons (Fsp3) is 0. The van der Waals surface area contributed by atoms with Crippen LogP contribution in [0.25, 0.3) is 237 Å². The van der Waals surface area contributed by atoms with Crippen molar-refractivity contribution in [1.29, 1.82) is 0 Å². The minimum atomic E-state index is 1.16. The lowest BCUT2D eigenvalue weighted by Gasteiger charge is -2.15. The molecular weight excluding hydrogens is 1420 g/mol. The molecule has 0 spiro atoms. The van der Waals surface area contributed by atoms with Crippen LogP contribution in [0.15, 0.2) is 388 Å². The molecule has 0 aliphatic carbocycles. The Morgan fingerprint density at radius 2 is 0.439 bits per heavy atom. The Hall–Kier alpha value is -14.4. The molecule has 0 saturated heterocycles. The van der Waals surface area contributed by atoms with Gasteiger partial charge in [0.05, 0.1) is 53.5 Å². The summed E-state index contributed by atoms with van der Waals surface area (Å²) in [4.78, 5) is 0. The van der Waals surface area contributed by atoms with Crippen molar-refractivity contribution >= 4 is 215 Å². The van der Waals surface area contributed by atoms with Crippen molar-refractivity contribution in [2.24, 2.45) is 0 Å². The van der Waals surface area contributed by atoms with Gasteiger partial charge in [0.15, 0.2) is 0 Å². The van der Waals surface area contributed by atoms with Gasteiger partial charge >= 0.3 is 0 Å². The molecule has 4 nitrogen and oxygen atoms in total. The molecule has 0 unspecified atom stereocenters. The second-order valence-electron chi connectivity index (χ2n) is 30.4. The van der Waals surface area contributed by atoms with Gasteiger partial charge in [-0.15, -0.1) is 22.7 Å². The number of para-hydroxylation sites is 6. The topological polar surface area (TPSA) is 19.7 Å². The van der Waals surface area contributed by atoms with Gasteiger partial charge in [-0.05, 0) is 162 Å². The molecule has 0 saturated carbocycles. The number of benzene rings is 20. The van der Waals surface area contributed by atoms with Crippen molar-refractivity contribution in [2.45, 2.75) is 0 Å². The van der Waals surface area contributed by atoms with E-state index in [0.717, 1.165) is 11.4 Å². The van der Waals surface area contributed by atoms with Crippen molar-refractivity contribution in [2.75, 3.05) is 0 Å². The van der Waals surface area contributed by atoms with Crippen molar-refractivity contribution in [3.8, 4) is 45.0 Å². The molecule has 114 heavy (non-hydrogen) atoms. The van der Waals surface area contributed by atoms with Crippen LogP contribution in [0.2, 0.25) is 0 Å². The van der Waals surface area contributed by atoms with Gasteiger partial charge in [-0.3, -0.25) is 0 Å². The van der Waals surface area contributed by atoms with Crippen LogP contribution in [-0.2, 0) is 0 Å². The summed E-state index contributed by atoms with van der Waals surface area (Å²) in [5, 5.41) is 31.4. The van der Waals surface area contributed by atoms with Crippen molar-refractivity contribution < 1.29 is 0 Å². The van der Waals surface area contributed by atoms with E-state index in [1.807, 2.05) is 22.7 Å². The van der Waals surface area contributed by atoms with Gasteiger partial charge in [0.25, 0.3) is 0 Å². The average molecular weight is 1480 g/mol. The SMILES string of the molecule is c1ccc(-n2c3ccccc3c3ccc(-c4ccc(-n5c6ccccc6c6c7c8ccccc8c8ccccc8c7c7c8ccccc8sc7c65)cc4)cc32)cc1.c1ccc(-n2c3ccccc3c3ccc(-c4cccc(-n5c6ccccc6c6c7c8ccccc8c8ccccc8c7c7c8ccccc8sc7c65)c4)cc32)cc1. The fourth-order valence-electron chi connectivity index (χ4n) is 19.8. The molecule has 528 valence electrons. The van der Waals surface area contributed by atoms with Crippen LogP contribution < -0.4 is 0 Å². The lowest BCUT2D eigenvalue weighted by Crippen LogP contribution is -1.95. The van der Waals surface area contributed by atoms with E-state index < -0.39 is 0 Å². The molecule has 0 bridgehead atoms. The quantitative estimate of drug-likeness (QED) is 0.148. The first-order valence-electron chi connectivity index (χ1n) is 39.2. The van der Waals surface area contributed by atoms with E-state index >= 15 is 0 Å². The minimum Gasteiger partial charge on any atom is -0.309 e. The zero-order chi connectivity index (χ0) is 74.4. The molecule has 26 aromatic rings. The van der Waals surface area contributed by atoms with Gasteiger partial charge in [0, 0.05) is 118 Å². The molecule has 6 heterocycles. The molecule has 0 atom stereocenters. The van der Waals surface area contributed by atoms with E-state index in [9.17, 15) is 0 Å². The molecule has 0 aliphatic heterocycles. The minimum absolute atomic E-state index is 1.16. The van der Waals surface area contributed by atoms with Gasteiger partial charge < -0.3 is 18.3 Å². The summed E-state index contributed by atoms with van der Waals surface area (Å²) in [6.07, 6.45) is 0. The summed E-state index contributed by atoms with van der Waals surface area (Å²) in [5.41, 5.74) is 19.3. The molecule has 0 radical (unpaired) electrons. The molecular formula is C108H64N4S2.